The molecule has 0 saturated heterocycles. The molecule has 0 saturated carbocycles. The van der Waals surface area contributed by atoms with Gasteiger partial charge >= 0.3 is 0 Å². The lowest BCUT2D eigenvalue weighted by atomic mass is 10.2. The second-order valence-electron chi connectivity index (χ2n) is 4.56. The van der Waals surface area contributed by atoms with Crippen LogP contribution in [0.2, 0.25) is 0 Å². The number of aromatic nitrogens is 2. The third-order valence-electron chi connectivity index (χ3n) is 3.28. The normalized spacial score (nSPS) is 11.0. The van der Waals surface area contributed by atoms with Crippen molar-refractivity contribution in [2.75, 3.05) is 5.73 Å². The van der Waals surface area contributed by atoms with Crippen LogP contribution in [0.25, 0.3) is 16.6 Å². The summed E-state index contributed by atoms with van der Waals surface area (Å²) in [5.41, 5.74) is 11.0. The number of fused-ring (bicyclic) bond motifs is 1. The Labute approximate surface area is 106 Å². The molecule has 0 radical (unpaired) electrons. The third-order valence-corrected chi connectivity index (χ3v) is 3.28. The number of nitrogen functional groups attached to an aromatic ring is 1. The summed E-state index contributed by atoms with van der Waals surface area (Å²) in [6.07, 6.45) is 0. The molecule has 1 aromatic heterocycles. The monoisotopic (exact) mass is 237 g/mol. The molecule has 0 spiro atoms. The van der Waals surface area contributed by atoms with Crippen LogP contribution in [-0.2, 0) is 0 Å². The van der Waals surface area contributed by atoms with Gasteiger partial charge in [-0.05, 0) is 37.6 Å². The maximum atomic E-state index is 5.97. The van der Waals surface area contributed by atoms with Crippen molar-refractivity contribution in [3.05, 3.63) is 53.7 Å². The van der Waals surface area contributed by atoms with Gasteiger partial charge in [-0.25, -0.2) is 4.68 Å². The van der Waals surface area contributed by atoms with Gasteiger partial charge in [0, 0.05) is 11.1 Å². The second-order valence-corrected chi connectivity index (χ2v) is 4.56. The highest BCUT2D eigenvalue weighted by molar-refractivity contribution is 5.83. The first-order valence-electron chi connectivity index (χ1n) is 5.97. The van der Waals surface area contributed by atoms with Crippen LogP contribution in [-0.4, -0.2) is 9.78 Å². The summed E-state index contributed by atoms with van der Waals surface area (Å²) in [5, 5.41) is 5.77. The van der Waals surface area contributed by atoms with E-state index in [2.05, 4.69) is 17.2 Å². The fraction of sp³-hybridized carbons (Fsp3) is 0.133. The Morgan fingerprint density at radius 3 is 2.61 bits per heavy atom. The lowest BCUT2D eigenvalue weighted by molar-refractivity contribution is 0.889. The maximum Gasteiger partial charge on any atom is 0.0743 e. The Morgan fingerprint density at radius 2 is 1.83 bits per heavy atom. The molecular weight excluding hydrogens is 222 g/mol. The van der Waals surface area contributed by atoms with Crippen molar-refractivity contribution < 1.29 is 0 Å². The molecule has 3 heteroatoms. The highest BCUT2D eigenvalue weighted by Crippen LogP contribution is 2.23. The van der Waals surface area contributed by atoms with Crippen molar-refractivity contribution in [2.45, 2.75) is 13.8 Å². The molecule has 18 heavy (non-hydrogen) atoms. The van der Waals surface area contributed by atoms with Crippen molar-refractivity contribution in [1.82, 2.24) is 9.78 Å². The van der Waals surface area contributed by atoms with Crippen LogP contribution in [0.4, 0.5) is 5.69 Å². The van der Waals surface area contributed by atoms with Crippen molar-refractivity contribution in [3.8, 4) is 5.69 Å². The van der Waals surface area contributed by atoms with Gasteiger partial charge in [0.15, 0.2) is 0 Å². The smallest absolute Gasteiger partial charge is 0.0743 e. The minimum atomic E-state index is 0.796. The summed E-state index contributed by atoms with van der Waals surface area (Å²) < 4.78 is 1.94. The van der Waals surface area contributed by atoms with Crippen molar-refractivity contribution in [2.24, 2.45) is 0 Å². The number of nitrogens with two attached hydrogens (primary N) is 1. The van der Waals surface area contributed by atoms with Crippen LogP contribution < -0.4 is 5.73 Å². The van der Waals surface area contributed by atoms with Crippen LogP contribution in [0.5, 0.6) is 0 Å². The van der Waals surface area contributed by atoms with Crippen LogP contribution in [0, 0.1) is 13.8 Å². The van der Waals surface area contributed by atoms with Crippen molar-refractivity contribution in [3.63, 3.8) is 0 Å². The average Bonchev–Trinajstić information content (AvgIpc) is 2.71. The molecule has 0 aliphatic rings. The lowest BCUT2D eigenvalue weighted by Crippen LogP contribution is -1.99. The molecule has 3 nitrogen and oxygen atoms in total. The van der Waals surface area contributed by atoms with E-state index in [4.69, 9.17) is 5.73 Å². The molecule has 90 valence electrons. The number of para-hydroxylation sites is 1. The number of benzene rings is 2. The van der Waals surface area contributed by atoms with Gasteiger partial charge in [0.2, 0.25) is 0 Å². The summed E-state index contributed by atoms with van der Waals surface area (Å²) in [4.78, 5) is 0. The third kappa shape index (κ3) is 1.56. The predicted molar refractivity (Wildman–Crippen MR) is 75.0 cm³/mol. The first-order chi connectivity index (χ1) is 8.66. The number of aryl methyl sites for hydroxylation is 2. The largest absolute Gasteiger partial charge is 0.398 e. The van der Waals surface area contributed by atoms with E-state index in [9.17, 15) is 0 Å². The van der Waals surface area contributed by atoms with Crippen molar-refractivity contribution in [1.29, 1.82) is 0 Å². The van der Waals surface area contributed by atoms with E-state index in [1.807, 2.05) is 48.9 Å². The molecule has 0 aliphatic carbocycles. The molecule has 1 heterocycles. The van der Waals surface area contributed by atoms with Crippen LogP contribution in [0.1, 0.15) is 11.3 Å². The summed E-state index contributed by atoms with van der Waals surface area (Å²) >= 11 is 0. The van der Waals surface area contributed by atoms with Gasteiger partial charge in [0.25, 0.3) is 0 Å². The maximum absolute atomic E-state index is 5.97. The van der Waals surface area contributed by atoms with Gasteiger partial charge in [-0.3, -0.25) is 0 Å². The van der Waals surface area contributed by atoms with Gasteiger partial charge in [0.05, 0.1) is 16.9 Å². The quantitative estimate of drug-likeness (QED) is 0.660. The number of anilines is 1. The zero-order chi connectivity index (χ0) is 12.7. The van der Waals surface area contributed by atoms with E-state index >= 15 is 0 Å². The molecule has 2 N–H and O–H groups in total. The van der Waals surface area contributed by atoms with Crippen LogP contribution >= 0.6 is 0 Å². The molecule has 0 atom stereocenters. The van der Waals surface area contributed by atoms with Gasteiger partial charge < -0.3 is 5.73 Å². The fourth-order valence-electron chi connectivity index (χ4n) is 2.18. The van der Waals surface area contributed by atoms with E-state index in [1.54, 1.807) is 0 Å². The average molecular weight is 237 g/mol. The van der Waals surface area contributed by atoms with E-state index in [1.165, 1.54) is 5.39 Å². The first kappa shape index (κ1) is 10.8. The summed E-state index contributed by atoms with van der Waals surface area (Å²) in [6, 6.07) is 14.3. The first-order valence-corrected chi connectivity index (χ1v) is 5.97. The molecule has 0 aliphatic heterocycles. The fourth-order valence-corrected chi connectivity index (χ4v) is 2.18. The predicted octanol–water partition coefficient (Wildman–Crippen LogP) is 3.22. The Kier molecular flexibility index (Phi) is 2.33. The highest BCUT2D eigenvalue weighted by atomic mass is 15.3. The van der Waals surface area contributed by atoms with E-state index in [-0.39, 0.29) is 0 Å². The Bertz CT molecular complexity index is 726. The standard InChI is InChI=1S/C15H15N3/c1-10-7-8-12(9-14(10)16)18-15-6-4-3-5-13(15)11(2)17-18/h3-9H,16H2,1-2H3. The summed E-state index contributed by atoms with van der Waals surface area (Å²) in [5.74, 6) is 0. The minimum absolute atomic E-state index is 0.796. The molecule has 2 aromatic carbocycles. The molecule has 0 unspecified atom stereocenters. The van der Waals surface area contributed by atoms with E-state index in [0.717, 1.165) is 28.1 Å². The number of rotatable bonds is 1. The lowest BCUT2D eigenvalue weighted by Gasteiger charge is -2.06. The van der Waals surface area contributed by atoms with Crippen LogP contribution in [0.3, 0.4) is 0 Å². The van der Waals surface area contributed by atoms with Crippen LogP contribution in [0.15, 0.2) is 42.5 Å². The molecular formula is C15H15N3. The molecule has 0 bridgehead atoms. The second kappa shape index (κ2) is 3.88. The SMILES string of the molecule is Cc1ccc(-n2nc(C)c3ccccc32)cc1N. The zero-order valence-corrected chi connectivity index (χ0v) is 10.5. The van der Waals surface area contributed by atoms with Crippen molar-refractivity contribution >= 4 is 16.6 Å². The van der Waals surface area contributed by atoms with E-state index < -0.39 is 0 Å². The zero-order valence-electron chi connectivity index (χ0n) is 10.5. The molecule has 0 amide bonds. The molecule has 3 rings (SSSR count). The summed E-state index contributed by atoms with van der Waals surface area (Å²) in [6.45, 7) is 4.03. The Morgan fingerprint density at radius 1 is 1.06 bits per heavy atom. The van der Waals surface area contributed by atoms with E-state index in [0.29, 0.717) is 0 Å². The van der Waals surface area contributed by atoms with Gasteiger partial charge in [-0.1, -0.05) is 24.3 Å². The summed E-state index contributed by atoms with van der Waals surface area (Å²) in [7, 11) is 0. The molecule has 0 fully saturated rings. The Hall–Kier alpha value is -2.29. The number of nitrogens with zero attached hydrogens (tertiary/aromatic N) is 2. The molecule has 3 aromatic rings. The van der Waals surface area contributed by atoms with Gasteiger partial charge in [-0.2, -0.15) is 5.10 Å². The highest BCUT2D eigenvalue weighted by Gasteiger charge is 2.08. The number of hydrogen-bond acceptors (Lipinski definition) is 2. The van der Waals surface area contributed by atoms with Gasteiger partial charge in [-0.15, -0.1) is 0 Å². The number of hydrogen-bond donors (Lipinski definition) is 1. The Balaban J connectivity index is 2.28. The topological polar surface area (TPSA) is 43.8 Å². The van der Waals surface area contributed by atoms with Gasteiger partial charge in [0.1, 0.15) is 0 Å². The minimum Gasteiger partial charge on any atom is -0.398 e.